The normalized spacial score (nSPS) is 30.5. The molecular formula is C9H12BaN3O8P. The first-order valence-corrected chi connectivity index (χ1v) is 7.19. The second kappa shape index (κ2) is 7.88. The van der Waals surface area contributed by atoms with E-state index in [2.05, 4.69) is 9.51 Å². The average molecular weight is 459 g/mol. The van der Waals surface area contributed by atoms with E-state index in [0.717, 1.165) is 10.8 Å². The Kier molecular flexibility index (Phi) is 7.26. The molecule has 1 aliphatic heterocycles. The van der Waals surface area contributed by atoms with E-state index in [1.807, 2.05) is 0 Å². The Bertz CT molecular complexity index is 621. The molecule has 1 aliphatic rings. The molecule has 1 fully saturated rings. The number of nitrogens with one attached hydrogen (secondary N) is 1. The maximum atomic E-state index is 11.6. The van der Waals surface area contributed by atoms with Gasteiger partial charge in [0.05, 0.1) is 12.6 Å². The van der Waals surface area contributed by atoms with Crippen LogP contribution in [0.15, 0.2) is 12.3 Å². The molecule has 4 N–H and O–H groups in total. The summed E-state index contributed by atoms with van der Waals surface area (Å²) < 4.78 is 20.6. The van der Waals surface area contributed by atoms with Crippen LogP contribution in [0.1, 0.15) is 6.23 Å². The number of phosphoric ester groups is 1. The third-order valence-corrected chi connectivity index (χ3v) is 3.32. The molecule has 0 bridgehead atoms. The van der Waals surface area contributed by atoms with Crippen molar-refractivity contribution in [2.75, 3.05) is 6.61 Å². The number of aliphatic hydroxyl groups is 2. The van der Waals surface area contributed by atoms with Crippen molar-refractivity contribution in [3.63, 3.8) is 0 Å². The predicted octanol–water partition coefficient (Wildman–Crippen LogP) is -3.85. The van der Waals surface area contributed by atoms with Crippen LogP contribution in [0, 0.1) is 5.41 Å². The Morgan fingerprint density at radius 2 is 2.14 bits per heavy atom. The van der Waals surface area contributed by atoms with Crippen molar-refractivity contribution in [3.05, 3.63) is 17.8 Å². The molecule has 1 aromatic heterocycles. The number of nitrogens with zero attached hydrogens (tertiary/aromatic N) is 2. The van der Waals surface area contributed by atoms with E-state index in [1.165, 1.54) is 6.07 Å². The van der Waals surface area contributed by atoms with E-state index in [4.69, 9.17) is 15.0 Å². The molecule has 0 spiro atoms. The molecule has 0 aromatic carbocycles. The largest absolute Gasteiger partial charge is 2.00 e. The monoisotopic (exact) mass is 459 g/mol. The van der Waals surface area contributed by atoms with Crippen molar-refractivity contribution >= 4 is 56.7 Å². The Balaban J connectivity index is 0.00000242. The van der Waals surface area contributed by atoms with Gasteiger partial charge >= 0.3 is 48.9 Å². The zero-order chi connectivity index (χ0) is 15.8. The summed E-state index contributed by atoms with van der Waals surface area (Å²) in [5.74, 6) is 0. The smallest absolute Gasteiger partial charge is 0.846 e. The summed E-state index contributed by atoms with van der Waals surface area (Å²) in [6.07, 6.45) is -4.53. The Morgan fingerprint density at radius 3 is 2.68 bits per heavy atom. The summed E-state index contributed by atoms with van der Waals surface area (Å²) in [7, 11) is -5.00. The summed E-state index contributed by atoms with van der Waals surface area (Å²) in [6.45, 7) is -0.731. The van der Waals surface area contributed by atoms with Gasteiger partial charge in [0.15, 0.2) is 6.23 Å². The Morgan fingerprint density at radius 1 is 1.50 bits per heavy atom. The molecule has 0 radical (unpaired) electrons. The van der Waals surface area contributed by atoms with Gasteiger partial charge in [-0.3, -0.25) is 9.97 Å². The van der Waals surface area contributed by atoms with Crippen LogP contribution >= 0.6 is 7.82 Å². The minimum absolute atomic E-state index is 0. The second-order valence-electron chi connectivity index (χ2n) is 4.31. The fourth-order valence-electron chi connectivity index (χ4n) is 1.87. The summed E-state index contributed by atoms with van der Waals surface area (Å²) in [5.41, 5.74) is -0.281. The third-order valence-electron chi connectivity index (χ3n) is 2.84. The van der Waals surface area contributed by atoms with E-state index < -0.39 is 45.0 Å². The van der Waals surface area contributed by atoms with Crippen molar-refractivity contribution in [2.45, 2.75) is 24.5 Å². The molecule has 22 heavy (non-hydrogen) atoms. The minimum atomic E-state index is -5.00. The van der Waals surface area contributed by atoms with Crippen molar-refractivity contribution in [1.29, 1.82) is 5.41 Å². The Labute approximate surface area is 164 Å². The number of phosphoric acid groups is 1. The maximum Gasteiger partial charge on any atom is 2.00 e. The van der Waals surface area contributed by atoms with Crippen LogP contribution in [0.2, 0.25) is 0 Å². The van der Waals surface area contributed by atoms with Crippen LogP contribution in [-0.4, -0.2) is 98.5 Å². The van der Waals surface area contributed by atoms with Gasteiger partial charge < -0.3 is 38.9 Å². The van der Waals surface area contributed by atoms with Crippen LogP contribution in [0.5, 0.6) is 6.01 Å². The van der Waals surface area contributed by atoms with Crippen LogP contribution in [0.3, 0.4) is 0 Å². The van der Waals surface area contributed by atoms with E-state index in [9.17, 15) is 24.8 Å². The first-order chi connectivity index (χ1) is 9.69. The molecular weight excluding hydrogens is 446 g/mol. The number of aliphatic hydroxyl groups excluding tert-OH is 2. The van der Waals surface area contributed by atoms with Gasteiger partial charge in [0.25, 0.3) is 7.82 Å². The van der Waals surface area contributed by atoms with Crippen LogP contribution < -0.4 is 15.5 Å². The Hall–Kier alpha value is 0.241. The number of hydrogen-bond acceptors (Lipinski definition) is 9. The maximum absolute atomic E-state index is 11.6. The summed E-state index contributed by atoms with van der Waals surface area (Å²) in [6, 6.07) is 0.296. The molecule has 1 saturated heterocycles. The summed E-state index contributed by atoms with van der Waals surface area (Å²) >= 11 is 0. The predicted molar refractivity (Wildman–Crippen MR) is 65.0 cm³/mol. The van der Waals surface area contributed by atoms with Gasteiger partial charge in [-0.2, -0.15) is 0 Å². The van der Waals surface area contributed by atoms with Crippen molar-refractivity contribution in [1.82, 2.24) is 9.55 Å². The van der Waals surface area contributed by atoms with Gasteiger partial charge in [0.1, 0.15) is 23.8 Å². The topological polar surface area (TPSA) is 184 Å². The first kappa shape index (κ1) is 20.3. The SMILES string of the molecule is N=c1ccn([C@@H]2O[C@H](COP(=O)([O-])O)[C@@H](O)[C@H]2O)c([O-])n1.[Ba+2]. The fourth-order valence-corrected chi connectivity index (χ4v) is 2.21. The molecule has 0 saturated carbocycles. The summed E-state index contributed by atoms with van der Waals surface area (Å²) in [5, 5.41) is 38.3. The average Bonchev–Trinajstić information content (AvgIpc) is 2.64. The number of ether oxygens (including phenoxy) is 1. The molecule has 1 unspecified atom stereocenters. The minimum Gasteiger partial charge on any atom is -0.846 e. The molecule has 2 rings (SSSR count). The molecule has 0 aliphatic carbocycles. The van der Waals surface area contributed by atoms with Gasteiger partial charge in [0.2, 0.25) is 0 Å². The number of aromatic nitrogens is 2. The first-order valence-electron chi connectivity index (χ1n) is 5.70. The molecule has 0 amide bonds. The second-order valence-corrected chi connectivity index (χ2v) is 5.51. The van der Waals surface area contributed by atoms with E-state index in [1.54, 1.807) is 0 Å². The molecule has 5 atom stereocenters. The van der Waals surface area contributed by atoms with E-state index in [0.29, 0.717) is 0 Å². The van der Waals surface area contributed by atoms with Crippen molar-refractivity contribution in [2.24, 2.45) is 0 Å². The van der Waals surface area contributed by atoms with Crippen LogP contribution in [-0.2, 0) is 13.8 Å². The van der Waals surface area contributed by atoms with Crippen LogP contribution in [0.25, 0.3) is 0 Å². The number of hydrogen-bond donors (Lipinski definition) is 4. The zero-order valence-corrected chi connectivity index (χ0v) is 16.4. The van der Waals surface area contributed by atoms with Gasteiger partial charge in [-0.25, -0.2) is 4.98 Å². The molecule has 118 valence electrons. The molecule has 13 heteroatoms. The van der Waals surface area contributed by atoms with Crippen LogP contribution in [0.4, 0.5) is 0 Å². The molecule has 1 aromatic rings. The standard InChI is InChI=1S/C9H14N3O8P.Ba/c10-5-1-2-12(9(15)11-5)8-7(14)6(13)4(20-8)3-19-21(16,17)18;/h1-2,4,6-8,13-14H,3H2,(H2,10,11,15)(H2,16,17,18);/q;+2/p-2/t4-,6-,7-,8-;/m1./s1. The van der Waals surface area contributed by atoms with Crippen molar-refractivity contribution < 1.29 is 38.9 Å². The van der Waals surface area contributed by atoms with Gasteiger partial charge in [0, 0.05) is 6.20 Å². The number of rotatable bonds is 4. The third kappa shape index (κ3) is 4.87. The molecule has 11 nitrogen and oxygen atoms in total. The summed E-state index contributed by atoms with van der Waals surface area (Å²) in [4.78, 5) is 22.3. The zero-order valence-electron chi connectivity index (χ0n) is 11.1. The fraction of sp³-hybridized carbons (Fsp3) is 0.556. The quantitative estimate of drug-likeness (QED) is 0.259. The van der Waals surface area contributed by atoms with Gasteiger partial charge in [-0.1, -0.05) is 0 Å². The molecule has 2 heterocycles. The van der Waals surface area contributed by atoms with Gasteiger partial charge in [-0.15, -0.1) is 0 Å². The van der Waals surface area contributed by atoms with E-state index >= 15 is 0 Å². The van der Waals surface area contributed by atoms with Crippen molar-refractivity contribution in [3.8, 4) is 6.01 Å². The van der Waals surface area contributed by atoms with Gasteiger partial charge in [-0.05, 0) is 6.07 Å². The van der Waals surface area contributed by atoms with E-state index in [-0.39, 0.29) is 54.4 Å².